The molecule has 0 amide bonds. The molecule has 0 radical (unpaired) electrons. The molecule has 0 aliphatic rings. The number of hydrogen-bond donors (Lipinski definition) is 0. The first-order valence-corrected chi connectivity index (χ1v) is 5.90. The average Bonchev–Trinajstić information content (AvgIpc) is 2.81. The van der Waals surface area contributed by atoms with Crippen LogP contribution in [0.1, 0.15) is 18.1 Å². The molecule has 0 spiro atoms. The van der Waals surface area contributed by atoms with Gasteiger partial charge in [0, 0.05) is 5.56 Å². The summed E-state index contributed by atoms with van der Waals surface area (Å²) >= 11 is 0. The van der Waals surface area contributed by atoms with E-state index >= 15 is 0 Å². The quantitative estimate of drug-likeness (QED) is 0.831. The zero-order chi connectivity index (χ0) is 13.1. The van der Waals surface area contributed by atoms with Crippen molar-refractivity contribution in [3.8, 4) is 23.1 Å². The van der Waals surface area contributed by atoms with Gasteiger partial charge in [0.05, 0.1) is 13.7 Å². The highest BCUT2D eigenvalue weighted by atomic mass is 16.6. The summed E-state index contributed by atoms with van der Waals surface area (Å²) in [4.78, 5) is 4.23. The maximum absolute atomic E-state index is 5.55. The zero-order valence-electron chi connectivity index (χ0n) is 11.1. The van der Waals surface area contributed by atoms with Crippen LogP contribution in [0.5, 0.6) is 11.7 Å². The Balaban J connectivity index is 2.41. The van der Waals surface area contributed by atoms with Gasteiger partial charge in [0.25, 0.3) is 0 Å². The summed E-state index contributed by atoms with van der Waals surface area (Å²) in [5.74, 6) is 1.88. The van der Waals surface area contributed by atoms with Gasteiger partial charge in [-0.3, -0.25) is 0 Å². The van der Waals surface area contributed by atoms with Crippen LogP contribution in [0.3, 0.4) is 0 Å². The van der Waals surface area contributed by atoms with Gasteiger partial charge in [0.15, 0.2) is 0 Å². The summed E-state index contributed by atoms with van der Waals surface area (Å²) < 4.78 is 16.1. The molecule has 18 heavy (non-hydrogen) atoms. The van der Waals surface area contributed by atoms with Gasteiger partial charge in [-0.05, 0) is 44.0 Å². The fraction of sp³-hybridized carbons (Fsp3) is 0.357. The lowest BCUT2D eigenvalue weighted by atomic mass is 10.0. The molecule has 0 bridgehead atoms. The van der Waals surface area contributed by atoms with E-state index in [4.69, 9.17) is 13.9 Å². The van der Waals surface area contributed by atoms with Crippen LogP contribution in [-0.2, 0) is 0 Å². The van der Waals surface area contributed by atoms with Gasteiger partial charge in [-0.1, -0.05) is 0 Å². The van der Waals surface area contributed by atoms with Crippen molar-refractivity contribution in [2.24, 2.45) is 0 Å². The van der Waals surface area contributed by atoms with Crippen molar-refractivity contribution in [3.63, 3.8) is 0 Å². The maximum atomic E-state index is 5.55. The number of nitrogens with zero attached hydrogens (tertiary/aromatic N) is 1. The largest absolute Gasteiger partial charge is 0.496 e. The molecule has 0 saturated heterocycles. The molecule has 1 heterocycles. The molecule has 1 aromatic heterocycles. The Labute approximate surface area is 107 Å². The van der Waals surface area contributed by atoms with Gasteiger partial charge >= 0.3 is 5.95 Å². The summed E-state index contributed by atoms with van der Waals surface area (Å²) in [6.45, 7) is 6.52. The minimum Gasteiger partial charge on any atom is -0.496 e. The first kappa shape index (κ1) is 12.5. The van der Waals surface area contributed by atoms with Crippen molar-refractivity contribution in [2.45, 2.75) is 20.8 Å². The SMILES string of the molecule is CCOc1cnc(-c2ccc(OC)c(C)c2C)o1. The highest BCUT2D eigenvalue weighted by Crippen LogP contribution is 2.31. The second kappa shape index (κ2) is 5.12. The van der Waals surface area contributed by atoms with E-state index in [-0.39, 0.29) is 0 Å². The van der Waals surface area contributed by atoms with Crippen molar-refractivity contribution >= 4 is 0 Å². The normalized spacial score (nSPS) is 10.4. The molecular formula is C14H17NO3. The summed E-state index contributed by atoms with van der Waals surface area (Å²) in [6.07, 6.45) is 1.60. The Morgan fingerprint density at radius 3 is 2.67 bits per heavy atom. The van der Waals surface area contributed by atoms with E-state index in [1.54, 1.807) is 13.3 Å². The Kier molecular flexibility index (Phi) is 3.55. The van der Waals surface area contributed by atoms with Gasteiger partial charge in [-0.2, -0.15) is 0 Å². The third-order valence-electron chi connectivity index (χ3n) is 2.96. The van der Waals surface area contributed by atoms with Crippen LogP contribution in [0.25, 0.3) is 11.5 Å². The number of hydrogen-bond acceptors (Lipinski definition) is 4. The van der Waals surface area contributed by atoms with Gasteiger partial charge in [-0.25, -0.2) is 4.98 Å². The predicted octanol–water partition coefficient (Wildman–Crippen LogP) is 3.37. The Morgan fingerprint density at radius 2 is 2.00 bits per heavy atom. The van der Waals surface area contributed by atoms with Gasteiger partial charge in [0.2, 0.25) is 5.89 Å². The van der Waals surface area contributed by atoms with Crippen molar-refractivity contribution in [3.05, 3.63) is 29.5 Å². The van der Waals surface area contributed by atoms with E-state index in [9.17, 15) is 0 Å². The van der Waals surface area contributed by atoms with E-state index in [0.29, 0.717) is 18.4 Å². The smallest absolute Gasteiger partial charge is 0.305 e. The fourth-order valence-corrected chi connectivity index (χ4v) is 1.84. The van der Waals surface area contributed by atoms with E-state index in [0.717, 1.165) is 22.4 Å². The van der Waals surface area contributed by atoms with Crippen LogP contribution in [-0.4, -0.2) is 18.7 Å². The molecule has 2 aromatic rings. The van der Waals surface area contributed by atoms with Crippen LogP contribution in [0, 0.1) is 13.8 Å². The molecule has 96 valence electrons. The molecule has 0 saturated carbocycles. The third kappa shape index (κ3) is 2.18. The standard InChI is InChI=1S/C14H17NO3/c1-5-17-13-8-15-14(18-13)11-6-7-12(16-4)10(3)9(11)2/h6-8H,5H2,1-4H3. The molecule has 2 rings (SSSR count). The first-order valence-electron chi connectivity index (χ1n) is 5.90. The lowest BCUT2D eigenvalue weighted by Gasteiger charge is -2.10. The van der Waals surface area contributed by atoms with E-state index in [2.05, 4.69) is 4.98 Å². The van der Waals surface area contributed by atoms with Gasteiger partial charge < -0.3 is 13.9 Å². The molecule has 0 unspecified atom stereocenters. The maximum Gasteiger partial charge on any atom is 0.305 e. The minimum absolute atomic E-state index is 0.445. The Morgan fingerprint density at radius 1 is 1.22 bits per heavy atom. The second-order valence-electron chi connectivity index (χ2n) is 3.98. The summed E-state index contributed by atoms with van der Waals surface area (Å²) in [6, 6.07) is 3.87. The molecule has 4 nitrogen and oxygen atoms in total. The molecule has 0 fully saturated rings. The minimum atomic E-state index is 0.445. The third-order valence-corrected chi connectivity index (χ3v) is 2.96. The van der Waals surface area contributed by atoms with E-state index in [1.165, 1.54) is 0 Å². The van der Waals surface area contributed by atoms with Crippen LogP contribution < -0.4 is 9.47 Å². The number of ether oxygens (including phenoxy) is 2. The molecule has 0 aliphatic heterocycles. The Bertz CT molecular complexity index is 546. The Hall–Kier alpha value is -1.97. The topological polar surface area (TPSA) is 44.5 Å². The molecule has 0 N–H and O–H groups in total. The van der Waals surface area contributed by atoms with Gasteiger partial charge in [-0.15, -0.1) is 0 Å². The van der Waals surface area contributed by atoms with Crippen molar-refractivity contribution in [1.29, 1.82) is 0 Å². The highest BCUT2D eigenvalue weighted by Gasteiger charge is 2.13. The molecule has 4 heteroatoms. The number of methoxy groups -OCH3 is 1. The highest BCUT2D eigenvalue weighted by molar-refractivity contribution is 5.63. The van der Waals surface area contributed by atoms with Crippen molar-refractivity contribution in [2.75, 3.05) is 13.7 Å². The van der Waals surface area contributed by atoms with Crippen LogP contribution in [0.2, 0.25) is 0 Å². The fourth-order valence-electron chi connectivity index (χ4n) is 1.84. The monoisotopic (exact) mass is 247 g/mol. The number of rotatable bonds is 4. The molecule has 1 aromatic carbocycles. The zero-order valence-corrected chi connectivity index (χ0v) is 11.1. The van der Waals surface area contributed by atoms with E-state index in [1.807, 2.05) is 32.9 Å². The van der Waals surface area contributed by atoms with Gasteiger partial charge in [0.1, 0.15) is 11.9 Å². The summed E-state index contributed by atoms with van der Waals surface area (Å²) in [7, 11) is 1.67. The number of oxazole rings is 1. The molecule has 0 atom stereocenters. The number of aromatic nitrogens is 1. The number of benzene rings is 1. The summed E-state index contributed by atoms with van der Waals surface area (Å²) in [5, 5.41) is 0. The second-order valence-corrected chi connectivity index (χ2v) is 3.98. The van der Waals surface area contributed by atoms with Crippen molar-refractivity contribution < 1.29 is 13.9 Å². The summed E-state index contributed by atoms with van der Waals surface area (Å²) in [5.41, 5.74) is 3.14. The average molecular weight is 247 g/mol. The predicted molar refractivity (Wildman–Crippen MR) is 69.1 cm³/mol. The lowest BCUT2D eigenvalue weighted by molar-refractivity contribution is 0.260. The molecular weight excluding hydrogens is 230 g/mol. The first-order chi connectivity index (χ1) is 8.67. The van der Waals surface area contributed by atoms with Crippen LogP contribution in [0.4, 0.5) is 0 Å². The lowest BCUT2D eigenvalue weighted by Crippen LogP contribution is -1.93. The van der Waals surface area contributed by atoms with Crippen molar-refractivity contribution in [1.82, 2.24) is 4.98 Å². The van der Waals surface area contributed by atoms with E-state index < -0.39 is 0 Å². The van der Waals surface area contributed by atoms with Crippen LogP contribution in [0.15, 0.2) is 22.7 Å². The van der Waals surface area contributed by atoms with Crippen LogP contribution >= 0.6 is 0 Å². The molecule has 0 aliphatic carbocycles.